The smallest absolute Gasteiger partial charge is 0.243 e. The van der Waals surface area contributed by atoms with E-state index in [-0.39, 0.29) is 0 Å². The number of rotatable bonds is 0. The van der Waals surface area contributed by atoms with Gasteiger partial charge in [-0.1, -0.05) is 6.08 Å². The van der Waals surface area contributed by atoms with Crippen molar-refractivity contribution >= 4 is 5.91 Å². The summed E-state index contributed by atoms with van der Waals surface area (Å²) in [6, 6.07) is 1.88. The molecule has 0 spiro atoms. The first-order valence-electron chi connectivity index (χ1n) is 4.31. The van der Waals surface area contributed by atoms with Crippen LogP contribution in [-0.4, -0.2) is 16.7 Å². The van der Waals surface area contributed by atoms with Gasteiger partial charge in [-0.3, -0.25) is 4.79 Å². The normalized spacial score (nSPS) is 37.4. The van der Waals surface area contributed by atoms with Crippen LogP contribution in [0.5, 0.6) is 0 Å². The van der Waals surface area contributed by atoms with Crippen molar-refractivity contribution in [3.8, 4) is 6.07 Å². The Hall–Kier alpha value is -1.34. The predicted molar refractivity (Wildman–Crippen MR) is 44.1 cm³/mol. The number of nitriles is 1. The molecule has 1 aliphatic carbocycles. The molecule has 1 amide bonds. The third kappa shape index (κ3) is 1.12. The molecule has 13 heavy (non-hydrogen) atoms. The molecule has 1 heterocycles. The Kier molecular flexibility index (Phi) is 1.64. The molecule has 1 aliphatic heterocycles. The zero-order chi connectivity index (χ0) is 9.47. The third-order valence-corrected chi connectivity index (χ3v) is 2.64. The highest BCUT2D eigenvalue weighted by Crippen LogP contribution is 2.36. The first-order valence-corrected chi connectivity index (χ1v) is 4.31. The van der Waals surface area contributed by atoms with E-state index in [9.17, 15) is 9.90 Å². The monoisotopic (exact) mass is 178 g/mol. The van der Waals surface area contributed by atoms with Crippen LogP contribution in [0.2, 0.25) is 0 Å². The summed E-state index contributed by atoms with van der Waals surface area (Å²) in [5, 5.41) is 21.0. The number of aliphatic hydroxyl groups is 1. The molecule has 2 atom stereocenters. The molecule has 1 saturated carbocycles. The highest BCUT2D eigenvalue weighted by atomic mass is 16.3. The largest absolute Gasteiger partial charge is 0.367 e. The SMILES string of the molecule is N#CC1C=C2CCCC2(O)NC1=O. The van der Waals surface area contributed by atoms with Gasteiger partial charge in [0.1, 0.15) is 5.92 Å². The molecule has 4 heteroatoms. The average Bonchev–Trinajstić information content (AvgIpc) is 2.43. The van der Waals surface area contributed by atoms with Crippen LogP contribution >= 0.6 is 0 Å². The van der Waals surface area contributed by atoms with Gasteiger partial charge in [0.15, 0.2) is 5.72 Å². The Bertz CT molecular complexity index is 329. The summed E-state index contributed by atoms with van der Waals surface area (Å²) in [4.78, 5) is 11.2. The third-order valence-electron chi connectivity index (χ3n) is 2.64. The van der Waals surface area contributed by atoms with E-state index in [4.69, 9.17) is 5.26 Å². The van der Waals surface area contributed by atoms with Crippen LogP contribution in [0.1, 0.15) is 19.3 Å². The molecule has 2 rings (SSSR count). The number of hydrogen-bond acceptors (Lipinski definition) is 3. The summed E-state index contributed by atoms with van der Waals surface area (Å²) in [7, 11) is 0. The van der Waals surface area contributed by atoms with E-state index in [1.54, 1.807) is 6.08 Å². The summed E-state index contributed by atoms with van der Waals surface area (Å²) < 4.78 is 0. The van der Waals surface area contributed by atoms with Gasteiger partial charge in [-0.05, 0) is 24.8 Å². The van der Waals surface area contributed by atoms with E-state index in [0.29, 0.717) is 6.42 Å². The number of nitrogens with one attached hydrogen (secondary N) is 1. The molecule has 0 radical (unpaired) electrons. The number of amides is 1. The van der Waals surface area contributed by atoms with E-state index in [1.165, 1.54) is 0 Å². The van der Waals surface area contributed by atoms with Crippen molar-refractivity contribution in [2.24, 2.45) is 5.92 Å². The van der Waals surface area contributed by atoms with E-state index in [1.807, 2.05) is 6.07 Å². The lowest BCUT2D eigenvalue weighted by Gasteiger charge is -2.30. The number of nitrogens with zero attached hydrogens (tertiary/aromatic N) is 1. The molecule has 2 N–H and O–H groups in total. The predicted octanol–water partition coefficient (Wildman–Crippen LogP) is 0.0549. The van der Waals surface area contributed by atoms with E-state index in [0.717, 1.165) is 18.4 Å². The van der Waals surface area contributed by atoms with Crippen molar-refractivity contribution in [2.75, 3.05) is 0 Å². The standard InChI is InChI=1S/C9H10N2O2/c10-5-6-4-7-2-1-3-9(7,13)11-8(6)12/h4,6,13H,1-3H2,(H,11,12). The molecular weight excluding hydrogens is 168 g/mol. The fourth-order valence-electron chi connectivity index (χ4n) is 1.92. The molecular formula is C9H10N2O2. The van der Waals surface area contributed by atoms with Crippen LogP contribution in [0.4, 0.5) is 0 Å². The molecule has 0 aromatic rings. The van der Waals surface area contributed by atoms with Crippen molar-refractivity contribution in [2.45, 2.75) is 25.0 Å². The van der Waals surface area contributed by atoms with E-state index < -0.39 is 17.6 Å². The molecule has 0 saturated heterocycles. The maximum Gasteiger partial charge on any atom is 0.243 e. The van der Waals surface area contributed by atoms with Crippen molar-refractivity contribution in [3.63, 3.8) is 0 Å². The Balaban J connectivity index is 2.37. The fourth-order valence-corrected chi connectivity index (χ4v) is 1.92. The van der Waals surface area contributed by atoms with Gasteiger partial charge in [0, 0.05) is 0 Å². The van der Waals surface area contributed by atoms with Crippen molar-refractivity contribution in [1.82, 2.24) is 5.32 Å². The molecule has 0 aromatic heterocycles. The number of carbonyl (C=O) groups is 1. The van der Waals surface area contributed by atoms with Gasteiger partial charge in [-0.15, -0.1) is 0 Å². The van der Waals surface area contributed by atoms with Gasteiger partial charge < -0.3 is 10.4 Å². The zero-order valence-electron chi connectivity index (χ0n) is 7.08. The minimum Gasteiger partial charge on any atom is -0.367 e. The Morgan fingerprint density at radius 1 is 1.77 bits per heavy atom. The summed E-state index contributed by atoms with van der Waals surface area (Å²) in [5.74, 6) is -1.12. The van der Waals surface area contributed by atoms with Crippen molar-refractivity contribution in [3.05, 3.63) is 11.6 Å². The van der Waals surface area contributed by atoms with E-state index >= 15 is 0 Å². The molecule has 2 aliphatic rings. The van der Waals surface area contributed by atoms with Crippen molar-refractivity contribution in [1.29, 1.82) is 5.26 Å². The van der Waals surface area contributed by atoms with Crippen LogP contribution in [-0.2, 0) is 4.79 Å². The first-order chi connectivity index (χ1) is 6.15. The van der Waals surface area contributed by atoms with Gasteiger partial charge in [0.25, 0.3) is 0 Å². The zero-order valence-corrected chi connectivity index (χ0v) is 7.08. The van der Waals surface area contributed by atoms with Gasteiger partial charge in [0.05, 0.1) is 6.07 Å². The summed E-state index contributed by atoms with van der Waals surface area (Å²) in [6.45, 7) is 0. The topological polar surface area (TPSA) is 73.1 Å². The lowest BCUT2D eigenvalue weighted by molar-refractivity contribution is -0.129. The van der Waals surface area contributed by atoms with Crippen molar-refractivity contribution < 1.29 is 9.90 Å². The van der Waals surface area contributed by atoms with Crippen LogP contribution < -0.4 is 5.32 Å². The molecule has 0 aromatic carbocycles. The summed E-state index contributed by atoms with van der Waals surface area (Å²) >= 11 is 0. The lowest BCUT2D eigenvalue weighted by atomic mass is 9.95. The Morgan fingerprint density at radius 3 is 3.23 bits per heavy atom. The Morgan fingerprint density at radius 2 is 2.54 bits per heavy atom. The van der Waals surface area contributed by atoms with Crippen LogP contribution in [0, 0.1) is 17.2 Å². The van der Waals surface area contributed by atoms with Gasteiger partial charge in [-0.2, -0.15) is 5.26 Å². The van der Waals surface area contributed by atoms with Crippen LogP contribution in [0.15, 0.2) is 11.6 Å². The minimum atomic E-state index is -1.15. The summed E-state index contributed by atoms with van der Waals surface area (Å²) in [6.07, 6.45) is 3.78. The molecule has 68 valence electrons. The fraction of sp³-hybridized carbons (Fsp3) is 0.556. The highest BCUT2D eigenvalue weighted by molar-refractivity contribution is 5.85. The maximum atomic E-state index is 11.2. The second-order valence-electron chi connectivity index (χ2n) is 3.50. The first kappa shape index (κ1) is 8.27. The van der Waals surface area contributed by atoms with Gasteiger partial charge in [0.2, 0.25) is 5.91 Å². The Labute approximate surface area is 75.9 Å². The number of carbonyl (C=O) groups excluding carboxylic acids is 1. The van der Waals surface area contributed by atoms with E-state index in [2.05, 4.69) is 5.32 Å². The molecule has 1 fully saturated rings. The molecule has 2 unspecified atom stereocenters. The highest BCUT2D eigenvalue weighted by Gasteiger charge is 2.42. The van der Waals surface area contributed by atoms with Crippen LogP contribution in [0.3, 0.4) is 0 Å². The second-order valence-corrected chi connectivity index (χ2v) is 3.50. The van der Waals surface area contributed by atoms with Gasteiger partial charge in [-0.25, -0.2) is 0 Å². The molecule has 4 nitrogen and oxygen atoms in total. The summed E-state index contributed by atoms with van der Waals surface area (Å²) in [5.41, 5.74) is -0.358. The quantitative estimate of drug-likeness (QED) is 0.515. The minimum absolute atomic E-state index is 0.393. The molecule has 0 bridgehead atoms. The van der Waals surface area contributed by atoms with Crippen LogP contribution in [0.25, 0.3) is 0 Å². The van der Waals surface area contributed by atoms with Gasteiger partial charge >= 0.3 is 0 Å². The maximum absolute atomic E-state index is 11.2. The average molecular weight is 178 g/mol. The number of fused-ring (bicyclic) bond motifs is 1. The second kappa shape index (κ2) is 2.57. The number of hydrogen-bond donors (Lipinski definition) is 2. The lowest BCUT2D eigenvalue weighted by Crippen LogP contribution is -2.52.